The number of amides is 4. The van der Waals surface area contributed by atoms with Crippen LogP contribution in [0.1, 0.15) is 44.3 Å². The molecule has 1 aromatic heterocycles. The maximum atomic E-state index is 12.7. The van der Waals surface area contributed by atoms with Crippen LogP contribution in [0.5, 0.6) is 0 Å². The molecule has 0 saturated carbocycles. The van der Waals surface area contributed by atoms with Gasteiger partial charge in [0.1, 0.15) is 6.54 Å². The smallest absolute Gasteiger partial charge is 0.317 e. The number of benzene rings is 1. The predicted octanol–water partition coefficient (Wildman–Crippen LogP) is 3.87. The van der Waals surface area contributed by atoms with Crippen LogP contribution in [-0.4, -0.2) is 71.9 Å². The second-order valence-corrected chi connectivity index (χ2v) is 10.7. The maximum absolute atomic E-state index is 12.7. The van der Waals surface area contributed by atoms with Crippen LogP contribution in [0.15, 0.2) is 41.8 Å². The molecule has 1 saturated heterocycles. The zero-order valence-corrected chi connectivity index (χ0v) is 21.4. The summed E-state index contributed by atoms with van der Waals surface area (Å²) in [5.74, 6) is -0.365. The number of urea groups is 1. The number of hydrogen-bond acceptors (Lipinski definition) is 5. The molecule has 4 amide bonds. The van der Waals surface area contributed by atoms with Crippen LogP contribution in [0.3, 0.4) is 0 Å². The van der Waals surface area contributed by atoms with Crippen molar-refractivity contribution in [1.29, 1.82) is 0 Å². The highest BCUT2D eigenvalue weighted by Crippen LogP contribution is 2.20. The van der Waals surface area contributed by atoms with Crippen molar-refractivity contribution >= 4 is 40.6 Å². The molecule has 1 fully saturated rings. The zero-order chi connectivity index (χ0) is 24.9. The van der Waals surface area contributed by atoms with Gasteiger partial charge in [-0.05, 0) is 70.3 Å². The Hall–Kier alpha value is -3.07. The monoisotopic (exact) mass is 485 g/mol. The molecule has 3 rings (SSSR count). The third kappa shape index (κ3) is 6.96. The molecule has 0 radical (unpaired) electrons. The quantitative estimate of drug-likeness (QED) is 0.651. The van der Waals surface area contributed by atoms with Crippen molar-refractivity contribution in [2.24, 2.45) is 0 Å². The van der Waals surface area contributed by atoms with E-state index in [2.05, 4.69) is 15.5 Å². The summed E-state index contributed by atoms with van der Waals surface area (Å²) in [6.07, 6.45) is 0. The Labute approximate surface area is 205 Å². The first-order valence-electron chi connectivity index (χ1n) is 11.6. The molecular weight excluding hydrogens is 450 g/mol. The Morgan fingerprint density at radius 3 is 2.21 bits per heavy atom. The van der Waals surface area contributed by atoms with Crippen molar-refractivity contribution in [3.8, 4) is 0 Å². The number of thiophene rings is 1. The average molecular weight is 486 g/mol. The topological polar surface area (TPSA) is 85.0 Å². The van der Waals surface area contributed by atoms with E-state index >= 15 is 0 Å². The van der Waals surface area contributed by atoms with E-state index in [1.165, 1.54) is 11.3 Å². The summed E-state index contributed by atoms with van der Waals surface area (Å²) < 4.78 is 0. The standard InChI is InChI=1S/C25H35N5O3S/c1-18(2)30(23(32)21-7-6-16-34-21)17-22(31)26-19-8-10-20(11-9-19)28-12-14-29(15-13-28)24(33)27-25(3,4)5/h6-11,16,18H,12-15,17H2,1-5H3,(H,26,31)(H,27,33). The van der Waals surface area contributed by atoms with Gasteiger partial charge in [0.15, 0.2) is 0 Å². The molecule has 0 aliphatic carbocycles. The normalized spacial score (nSPS) is 14.2. The molecule has 0 spiro atoms. The minimum atomic E-state index is -0.252. The van der Waals surface area contributed by atoms with Gasteiger partial charge < -0.3 is 25.3 Å². The highest BCUT2D eigenvalue weighted by molar-refractivity contribution is 7.12. The van der Waals surface area contributed by atoms with Crippen LogP contribution < -0.4 is 15.5 Å². The van der Waals surface area contributed by atoms with Gasteiger partial charge in [-0.1, -0.05) is 6.07 Å². The van der Waals surface area contributed by atoms with Crippen molar-refractivity contribution < 1.29 is 14.4 Å². The first-order valence-corrected chi connectivity index (χ1v) is 12.5. The highest BCUT2D eigenvalue weighted by atomic mass is 32.1. The minimum absolute atomic E-state index is 0.00522. The Bertz CT molecular complexity index is 975. The van der Waals surface area contributed by atoms with Gasteiger partial charge in [-0.25, -0.2) is 4.79 Å². The third-order valence-corrected chi connectivity index (χ3v) is 6.35. The van der Waals surface area contributed by atoms with Gasteiger partial charge in [-0.3, -0.25) is 9.59 Å². The van der Waals surface area contributed by atoms with Gasteiger partial charge in [-0.2, -0.15) is 0 Å². The summed E-state index contributed by atoms with van der Waals surface area (Å²) in [7, 11) is 0. The predicted molar refractivity (Wildman–Crippen MR) is 138 cm³/mol. The Morgan fingerprint density at radius 1 is 1.03 bits per heavy atom. The first kappa shape index (κ1) is 25.6. The lowest BCUT2D eigenvalue weighted by Crippen LogP contribution is -2.55. The lowest BCUT2D eigenvalue weighted by Gasteiger charge is -2.37. The van der Waals surface area contributed by atoms with Crippen LogP contribution >= 0.6 is 11.3 Å². The molecular formula is C25H35N5O3S. The molecule has 2 heterocycles. The lowest BCUT2D eigenvalue weighted by molar-refractivity contribution is -0.117. The molecule has 1 aliphatic rings. The van der Waals surface area contributed by atoms with Gasteiger partial charge in [0.25, 0.3) is 5.91 Å². The summed E-state index contributed by atoms with van der Waals surface area (Å²) in [5, 5.41) is 7.76. The summed E-state index contributed by atoms with van der Waals surface area (Å²) in [5.41, 5.74) is 1.48. The van der Waals surface area contributed by atoms with Crippen molar-refractivity contribution in [3.63, 3.8) is 0 Å². The van der Waals surface area contributed by atoms with Gasteiger partial charge >= 0.3 is 6.03 Å². The van der Waals surface area contributed by atoms with E-state index in [9.17, 15) is 14.4 Å². The van der Waals surface area contributed by atoms with E-state index in [1.54, 1.807) is 11.0 Å². The van der Waals surface area contributed by atoms with E-state index in [0.717, 1.165) is 18.8 Å². The summed E-state index contributed by atoms with van der Waals surface area (Å²) in [4.78, 5) is 44.0. The number of nitrogens with one attached hydrogen (secondary N) is 2. The van der Waals surface area contributed by atoms with Gasteiger partial charge in [0, 0.05) is 49.1 Å². The number of carbonyl (C=O) groups excluding carboxylic acids is 3. The molecule has 0 bridgehead atoms. The van der Waals surface area contributed by atoms with E-state index in [0.29, 0.717) is 23.7 Å². The van der Waals surface area contributed by atoms with Crippen molar-refractivity contribution in [3.05, 3.63) is 46.7 Å². The molecule has 1 aliphatic heterocycles. The summed E-state index contributed by atoms with van der Waals surface area (Å²) >= 11 is 1.37. The number of hydrogen-bond donors (Lipinski definition) is 2. The highest BCUT2D eigenvalue weighted by Gasteiger charge is 2.25. The number of piperazine rings is 1. The largest absolute Gasteiger partial charge is 0.368 e. The maximum Gasteiger partial charge on any atom is 0.317 e. The van der Waals surface area contributed by atoms with E-state index < -0.39 is 0 Å². The average Bonchev–Trinajstić information content (AvgIpc) is 3.31. The second kappa shape index (κ2) is 10.9. The molecule has 34 heavy (non-hydrogen) atoms. The van der Waals surface area contributed by atoms with Gasteiger partial charge in [0.2, 0.25) is 5.91 Å². The van der Waals surface area contributed by atoms with Crippen molar-refractivity contribution in [2.45, 2.75) is 46.2 Å². The van der Waals surface area contributed by atoms with Gasteiger partial charge in [0.05, 0.1) is 4.88 Å². The van der Waals surface area contributed by atoms with Crippen LogP contribution in [-0.2, 0) is 4.79 Å². The number of rotatable bonds is 6. The number of nitrogens with zero attached hydrogens (tertiary/aromatic N) is 3. The molecule has 1 aromatic carbocycles. The summed E-state index contributed by atoms with van der Waals surface area (Å²) in [6, 6.07) is 11.2. The van der Waals surface area contributed by atoms with E-state index in [4.69, 9.17) is 0 Å². The number of anilines is 2. The van der Waals surface area contributed by atoms with Gasteiger partial charge in [-0.15, -0.1) is 11.3 Å². The second-order valence-electron chi connectivity index (χ2n) is 9.75. The first-order chi connectivity index (χ1) is 16.0. The van der Waals surface area contributed by atoms with Crippen molar-refractivity contribution in [1.82, 2.24) is 15.1 Å². The Balaban J connectivity index is 1.52. The van der Waals surface area contributed by atoms with Crippen LogP contribution in [0.2, 0.25) is 0 Å². The third-order valence-electron chi connectivity index (χ3n) is 5.50. The van der Waals surface area contributed by atoms with E-state index in [1.807, 2.05) is 75.2 Å². The molecule has 2 aromatic rings. The fraction of sp³-hybridized carbons (Fsp3) is 0.480. The molecule has 8 nitrogen and oxygen atoms in total. The molecule has 184 valence electrons. The Kier molecular flexibility index (Phi) is 8.19. The molecule has 0 atom stereocenters. The van der Waals surface area contributed by atoms with Crippen LogP contribution in [0.4, 0.5) is 16.2 Å². The SMILES string of the molecule is CC(C)N(CC(=O)Nc1ccc(N2CCN(C(=O)NC(C)(C)C)CC2)cc1)C(=O)c1cccs1. The zero-order valence-electron chi connectivity index (χ0n) is 20.6. The molecule has 9 heteroatoms. The Morgan fingerprint density at radius 2 is 1.68 bits per heavy atom. The molecule has 0 unspecified atom stereocenters. The van der Waals surface area contributed by atoms with Crippen LogP contribution in [0.25, 0.3) is 0 Å². The molecule has 2 N–H and O–H groups in total. The minimum Gasteiger partial charge on any atom is -0.368 e. The number of carbonyl (C=O) groups is 3. The fourth-order valence-electron chi connectivity index (χ4n) is 3.71. The van der Waals surface area contributed by atoms with Crippen LogP contribution in [0, 0.1) is 0 Å². The lowest BCUT2D eigenvalue weighted by atomic mass is 10.1. The summed E-state index contributed by atoms with van der Waals surface area (Å²) in [6.45, 7) is 12.5. The van der Waals surface area contributed by atoms with E-state index in [-0.39, 0.29) is 36.0 Å². The van der Waals surface area contributed by atoms with Crippen molar-refractivity contribution in [2.75, 3.05) is 42.9 Å². The fourth-order valence-corrected chi connectivity index (χ4v) is 4.39.